The lowest BCUT2D eigenvalue weighted by atomic mass is 10.0. The van der Waals surface area contributed by atoms with Gasteiger partial charge in [0.1, 0.15) is 11.9 Å². The molecule has 1 aliphatic rings. The van der Waals surface area contributed by atoms with Gasteiger partial charge < -0.3 is 10.1 Å². The molecule has 0 aliphatic heterocycles. The smallest absolute Gasteiger partial charge is 0.220 e. The van der Waals surface area contributed by atoms with Gasteiger partial charge >= 0.3 is 0 Å². The Balaban J connectivity index is 1.60. The monoisotopic (exact) mass is 276 g/mol. The summed E-state index contributed by atoms with van der Waals surface area (Å²) in [5.41, 5.74) is 0. The zero-order valence-electron chi connectivity index (χ0n) is 12.2. The average molecular weight is 276 g/mol. The third-order valence-corrected chi connectivity index (χ3v) is 3.81. The van der Waals surface area contributed by atoms with Crippen LogP contribution in [0.3, 0.4) is 0 Å². The highest BCUT2D eigenvalue weighted by molar-refractivity contribution is 5.75. The number of amides is 1. The fourth-order valence-electron chi connectivity index (χ4n) is 2.67. The Morgan fingerprint density at radius 3 is 3.00 bits per heavy atom. The Morgan fingerprint density at radius 1 is 1.50 bits per heavy atom. The molecule has 1 aromatic heterocycles. The first-order valence-electron chi connectivity index (χ1n) is 7.57. The van der Waals surface area contributed by atoms with Crippen molar-refractivity contribution >= 4 is 5.91 Å². The number of hydrogen-bond acceptors (Lipinski definition) is 3. The topological polar surface area (TPSA) is 51.2 Å². The van der Waals surface area contributed by atoms with Gasteiger partial charge in [0.05, 0.1) is 12.7 Å². The van der Waals surface area contributed by atoms with E-state index in [9.17, 15) is 4.79 Å². The summed E-state index contributed by atoms with van der Waals surface area (Å²) in [6.45, 7) is 2.49. The zero-order chi connectivity index (χ0) is 14.2. The van der Waals surface area contributed by atoms with Crippen LogP contribution in [0, 0.1) is 5.92 Å². The third-order valence-electron chi connectivity index (χ3n) is 3.81. The van der Waals surface area contributed by atoms with Crippen molar-refractivity contribution in [2.45, 2.75) is 51.6 Å². The fraction of sp³-hybridized carbons (Fsp3) is 0.625. The fourth-order valence-corrected chi connectivity index (χ4v) is 2.67. The van der Waals surface area contributed by atoms with Crippen LogP contribution in [0.15, 0.2) is 24.5 Å². The SMILES string of the molecule is CC(CNC(=O)CCC1CCCC1)Oc1cccnc1. The van der Waals surface area contributed by atoms with E-state index in [1.54, 1.807) is 12.4 Å². The second kappa shape index (κ2) is 7.88. The molecule has 4 nitrogen and oxygen atoms in total. The van der Waals surface area contributed by atoms with Crippen molar-refractivity contribution in [3.8, 4) is 5.75 Å². The van der Waals surface area contributed by atoms with Crippen LogP contribution >= 0.6 is 0 Å². The molecule has 20 heavy (non-hydrogen) atoms. The molecule has 110 valence electrons. The summed E-state index contributed by atoms with van der Waals surface area (Å²) in [6.07, 6.45) is 10.3. The summed E-state index contributed by atoms with van der Waals surface area (Å²) in [6, 6.07) is 3.70. The van der Waals surface area contributed by atoms with Gasteiger partial charge in [-0.15, -0.1) is 0 Å². The third kappa shape index (κ3) is 5.19. The van der Waals surface area contributed by atoms with Gasteiger partial charge in [0, 0.05) is 12.6 Å². The van der Waals surface area contributed by atoms with Crippen molar-refractivity contribution in [3.63, 3.8) is 0 Å². The summed E-state index contributed by atoms with van der Waals surface area (Å²) >= 11 is 0. The van der Waals surface area contributed by atoms with E-state index in [0.717, 1.165) is 18.1 Å². The molecule has 1 amide bonds. The minimum absolute atomic E-state index is 0.0466. The van der Waals surface area contributed by atoms with Crippen molar-refractivity contribution in [1.82, 2.24) is 10.3 Å². The van der Waals surface area contributed by atoms with E-state index < -0.39 is 0 Å². The molecule has 0 saturated heterocycles. The number of rotatable bonds is 7. The minimum atomic E-state index is -0.0466. The number of carbonyl (C=O) groups excluding carboxylic acids is 1. The highest BCUT2D eigenvalue weighted by Crippen LogP contribution is 2.28. The first-order chi connectivity index (χ1) is 9.74. The van der Waals surface area contributed by atoms with E-state index >= 15 is 0 Å². The number of carbonyl (C=O) groups is 1. The lowest BCUT2D eigenvalue weighted by Crippen LogP contribution is -2.33. The van der Waals surface area contributed by atoms with E-state index in [1.165, 1.54) is 25.7 Å². The van der Waals surface area contributed by atoms with Gasteiger partial charge in [0.2, 0.25) is 5.91 Å². The van der Waals surface area contributed by atoms with Crippen LogP contribution in [-0.2, 0) is 4.79 Å². The van der Waals surface area contributed by atoms with Gasteiger partial charge in [-0.1, -0.05) is 25.7 Å². The summed E-state index contributed by atoms with van der Waals surface area (Å²) in [5, 5.41) is 2.94. The van der Waals surface area contributed by atoms with Gasteiger partial charge in [-0.2, -0.15) is 0 Å². The van der Waals surface area contributed by atoms with Crippen molar-refractivity contribution in [2.24, 2.45) is 5.92 Å². The van der Waals surface area contributed by atoms with Gasteiger partial charge in [0.25, 0.3) is 0 Å². The highest BCUT2D eigenvalue weighted by Gasteiger charge is 2.16. The molecule has 4 heteroatoms. The molecule has 0 bridgehead atoms. The van der Waals surface area contributed by atoms with E-state index in [4.69, 9.17) is 4.74 Å². The Labute approximate surface area is 120 Å². The van der Waals surface area contributed by atoms with Crippen molar-refractivity contribution in [2.75, 3.05) is 6.54 Å². The molecule has 1 aromatic rings. The predicted octanol–water partition coefficient (Wildman–Crippen LogP) is 2.94. The number of pyridine rings is 1. The van der Waals surface area contributed by atoms with Crippen molar-refractivity contribution < 1.29 is 9.53 Å². The van der Waals surface area contributed by atoms with Gasteiger partial charge in [-0.05, 0) is 31.4 Å². The van der Waals surface area contributed by atoms with Crippen LogP contribution in [0.25, 0.3) is 0 Å². The van der Waals surface area contributed by atoms with Gasteiger partial charge in [-0.25, -0.2) is 0 Å². The molecule has 1 unspecified atom stereocenters. The van der Waals surface area contributed by atoms with E-state index in [2.05, 4.69) is 10.3 Å². The molecule has 1 saturated carbocycles. The largest absolute Gasteiger partial charge is 0.487 e. The van der Waals surface area contributed by atoms with Crippen LogP contribution in [0.2, 0.25) is 0 Å². The maximum Gasteiger partial charge on any atom is 0.220 e. The lowest BCUT2D eigenvalue weighted by molar-refractivity contribution is -0.121. The molecule has 1 heterocycles. The molecule has 0 spiro atoms. The standard InChI is InChI=1S/C16H24N2O2/c1-13(20-15-7-4-10-17-12-15)11-18-16(19)9-8-14-5-2-3-6-14/h4,7,10,12-14H,2-3,5-6,8-9,11H2,1H3,(H,18,19). The molecule has 1 N–H and O–H groups in total. The molecule has 1 atom stereocenters. The number of aromatic nitrogens is 1. The number of hydrogen-bond donors (Lipinski definition) is 1. The van der Waals surface area contributed by atoms with Crippen LogP contribution < -0.4 is 10.1 Å². The molecular weight excluding hydrogens is 252 g/mol. The van der Waals surface area contributed by atoms with Crippen molar-refractivity contribution in [1.29, 1.82) is 0 Å². The minimum Gasteiger partial charge on any atom is -0.487 e. The quantitative estimate of drug-likeness (QED) is 0.833. The Hall–Kier alpha value is -1.58. The van der Waals surface area contributed by atoms with Crippen LogP contribution in [0.4, 0.5) is 0 Å². The second-order valence-corrected chi connectivity index (χ2v) is 5.61. The number of nitrogens with one attached hydrogen (secondary N) is 1. The van der Waals surface area contributed by atoms with Crippen LogP contribution in [-0.4, -0.2) is 23.5 Å². The molecule has 2 rings (SSSR count). The normalized spacial score (nSPS) is 16.9. The van der Waals surface area contributed by atoms with Crippen LogP contribution in [0.1, 0.15) is 45.4 Å². The lowest BCUT2D eigenvalue weighted by Gasteiger charge is -2.15. The summed E-state index contributed by atoms with van der Waals surface area (Å²) in [7, 11) is 0. The first-order valence-corrected chi connectivity index (χ1v) is 7.57. The molecule has 1 fully saturated rings. The summed E-state index contributed by atoms with van der Waals surface area (Å²) in [5.74, 6) is 1.64. The van der Waals surface area contributed by atoms with E-state index in [-0.39, 0.29) is 12.0 Å². The second-order valence-electron chi connectivity index (χ2n) is 5.61. The van der Waals surface area contributed by atoms with Gasteiger partial charge in [0.15, 0.2) is 0 Å². The first kappa shape index (κ1) is 14.8. The maximum absolute atomic E-state index is 11.8. The average Bonchev–Trinajstić information content (AvgIpc) is 2.97. The Bertz CT molecular complexity index is 402. The summed E-state index contributed by atoms with van der Waals surface area (Å²) < 4.78 is 5.67. The molecule has 0 radical (unpaired) electrons. The highest BCUT2D eigenvalue weighted by atomic mass is 16.5. The maximum atomic E-state index is 11.8. The van der Waals surface area contributed by atoms with E-state index in [0.29, 0.717) is 13.0 Å². The number of ether oxygens (including phenoxy) is 1. The Kier molecular flexibility index (Phi) is 5.84. The Morgan fingerprint density at radius 2 is 2.30 bits per heavy atom. The molecule has 0 aromatic carbocycles. The summed E-state index contributed by atoms with van der Waals surface area (Å²) in [4.78, 5) is 15.8. The predicted molar refractivity (Wildman–Crippen MR) is 78.5 cm³/mol. The van der Waals surface area contributed by atoms with Gasteiger partial charge in [-0.3, -0.25) is 9.78 Å². The molecular formula is C16H24N2O2. The van der Waals surface area contributed by atoms with Crippen molar-refractivity contribution in [3.05, 3.63) is 24.5 Å². The van der Waals surface area contributed by atoms with Crippen LogP contribution in [0.5, 0.6) is 5.75 Å². The number of nitrogens with zero attached hydrogens (tertiary/aromatic N) is 1. The zero-order valence-corrected chi connectivity index (χ0v) is 12.2. The molecule has 1 aliphatic carbocycles. The van der Waals surface area contributed by atoms with E-state index in [1.807, 2.05) is 19.1 Å².